The van der Waals surface area contributed by atoms with Gasteiger partial charge in [0.2, 0.25) is 5.88 Å². The van der Waals surface area contributed by atoms with Crippen LogP contribution in [-0.2, 0) is 43.1 Å². The molecule has 34 heavy (non-hydrogen) atoms. The van der Waals surface area contributed by atoms with Crippen molar-refractivity contribution in [2.24, 2.45) is 0 Å². The average Bonchev–Trinajstić information content (AvgIpc) is 3.05. The van der Waals surface area contributed by atoms with Crippen LogP contribution in [-0.4, -0.2) is 53.8 Å². The lowest BCUT2D eigenvalue weighted by Gasteiger charge is -2.16. The molecule has 13 heteroatoms. The Morgan fingerprint density at radius 1 is 1.26 bits per heavy atom. The number of carbonyl (C=O) groups is 2. The second kappa shape index (κ2) is 11.9. The fraction of sp³-hybridized carbons (Fsp3) is 0.381. The lowest BCUT2D eigenvalue weighted by atomic mass is 10.0. The Hall–Kier alpha value is -3.06. The first kappa shape index (κ1) is 27.2. The summed E-state index contributed by atoms with van der Waals surface area (Å²) < 4.78 is 62.1. The van der Waals surface area contributed by atoms with Crippen LogP contribution in [0, 0.1) is 0 Å². The third kappa shape index (κ3) is 6.97. The Morgan fingerprint density at radius 3 is 2.50 bits per heavy atom. The van der Waals surface area contributed by atoms with Crippen LogP contribution in [0.25, 0.3) is 5.57 Å². The van der Waals surface area contributed by atoms with Crippen LogP contribution in [0.3, 0.4) is 0 Å². The Morgan fingerprint density at radius 2 is 1.94 bits per heavy atom. The van der Waals surface area contributed by atoms with E-state index in [-0.39, 0.29) is 24.3 Å². The van der Waals surface area contributed by atoms with E-state index >= 15 is 0 Å². The topological polar surface area (TPSA) is 109 Å². The van der Waals surface area contributed by atoms with Crippen molar-refractivity contribution in [3.05, 3.63) is 51.8 Å². The first-order valence-electron chi connectivity index (χ1n) is 9.66. The quantitative estimate of drug-likeness (QED) is 0.255. The molecular weight excluding hydrogens is 529 g/mol. The van der Waals surface area contributed by atoms with Crippen molar-refractivity contribution in [2.75, 3.05) is 20.8 Å². The minimum Gasteiger partial charge on any atom is -0.503 e. The number of benzene rings is 1. The molecule has 186 valence electrons. The number of nitrogens with zero attached hydrogens (tertiary/aromatic N) is 2. The summed E-state index contributed by atoms with van der Waals surface area (Å²) in [5.41, 5.74) is -0.869. The zero-order chi connectivity index (χ0) is 25.5. The van der Waals surface area contributed by atoms with E-state index in [4.69, 9.17) is 18.9 Å². The molecule has 1 heterocycles. The maximum Gasteiger partial charge on any atom is 0.424 e. The van der Waals surface area contributed by atoms with Crippen molar-refractivity contribution in [1.29, 1.82) is 0 Å². The van der Waals surface area contributed by atoms with Crippen molar-refractivity contribution in [2.45, 2.75) is 32.4 Å². The highest BCUT2D eigenvalue weighted by molar-refractivity contribution is 9.10. The molecule has 9 nitrogen and oxygen atoms in total. The lowest BCUT2D eigenvalue weighted by molar-refractivity contribution is -0.150. The molecule has 0 saturated heterocycles. The van der Waals surface area contributed by atoms with Gasteiger partial charge in [0.15, 0.2) is 5.56 Å². The third-order valence-electron chi connectivity index (χ3n) is 4.34. The maximum atomic E-state index is 13.8. The molecule has 1 aromatic carbocycles. The van der Waals surface area contributed by atoms with E-state index in [1.54, 1.807) is 12.1 Å². The highest BCUT2D eigenvalue weighted by Crippen LogP contribution is 2.41. The molecule has 0 bridgehead atoms. The van der Waals surface area contributed by atoms with E-state index in [2.05, 4.69) is 21.0 Å². The van der Waals surface area contributed by atoms with Gasteiger partial charge in [-0.15, -0.1) is 5.10 Å². The number of alkyl halides is 3. The number of carboxylic acids is 1. The van der Waals surface area contributed by atoms with E-state index < -0.39 is 46.9 Å². The van der Waals surface area contributed by atoms with Crippen molar-refractivity contribution in [1.82, 2.24) is 9.78 Å². The van der Waals surface area contributed by atoms with Gasteiger partial charge in [-0.1, -0.05) is 24.3 Å². The second-order valence-electron chi connectivity index (χ2n) is 6.86. The van der Waals surface area contributed by atoms with Gasteiger partial charge >= 0.3 is 18.1 Å². The fourth-order valence-electron chi connectivity index (χ4n) is 3.02. The number of methoxy groups -OCH3 is 2. The number of carbonyl (C=O) groups excluding carboxylic acids is 1. The number of hydrogen-bond donors (Lipinski definition) is 1. The maximum absolute atomic E-state index is 13.8. The molecule has 1 aromatic heterocycles. The van der Waals surface area contributed by atoms with Crippen LogP contribution in [0.1, 0.15) is 23.6 Å². The van der Waals surface area contributed by atoms with Crippen LogP contribution >= 0.6 is 15.9 Å². The Labute approximate surface area is 201 Å². The molecule has 0 fully saturated rings. The first-order valence-corrected chi connectivity index (χ1v) is 10.5. The minimum absolute atomic E-state index is 0.0689. The van der Waals surface area contributed by atoms with Crippen LogP contribution in [0.15, 0.2) is 35.1 Å². The number of halogens is 4. The van der Waals surface area contributed by atoms with Gasteiger partial charge in [-0.25, -0.2) is 4.79 Å². The van der Waals surface area contributed by atoms with Gasteiger partial charge in [-0.05, 0) is 27.1 Å². The van der Waals surface area contributed by atoms with Crippen molar-refractivity contribution >= 4 is 33.4 Å². The van der Waals surface area contributed by atoms with E-state index in [1.807, 2.05) is 0 Å². The molecule has 0 radical (unpaired) electrons. The van der Waals surface area contributed by atoms with Crippen LogP contribution in [0.5, 0.6) is 5.88 Å². The molecule has 0 amide bonds. The van der Waals surface area contributed by atoms with Crippen molar-refractivity contribution in [3.8, 4) is 5.88 Å². The van der Waals surface area contributed by atoms with Gasteiger partial charge in [0.25, 0.3) is 0 Å². The van der Waals surface area contributed by atoms with Crippen LogP contribution in [0.2, 0.25) is 0 Å². The number of aliphatic carboxylic acids is 1. The molecule has 2 aromatic rings. The number of ether oxygens (including phenoxy) is 4. The Bertz CT molecular complexity index is 1050. The van der Waals surface area contributed by atoms with E-state index in [9.17, 15) is 27.9 Å². The summed E-state index contributed by atoms with van der Waals surface area (Å²) in [6.07, 6.45) is -4.71. The Balaban J connectivity index is 2.40. The fourth-order valence-corrected chi connectivity index (χ4v) is 3.64. The van der Waals surface area contributed by atoms with Gasteiger partial charge in [0.05, 0.1) is 26.5 Å². The predicted octanol–water partition coefficient (Wildman–Crippen LogP) is 3.89. The average molecular weight is 551 g/mol. The van der Waals surface area contributed by atoms with E-state index in [1.165, 1.54) is 26.4 Å². The summed E-state index contributed by atoms with van der Waals surface area (Å²) in [6.45, 7) is 0.442. The number of esters is 1. The SMILES string of the molecule is CO/C=C(/C(=O)O)c1ccccc1COc1nn(CC(COC)OC(C)=O)c(Br)c1C(F)(F)F. The molecular formula is C21H22BrF3N2O7. The standard InChI is InChI=1S/C21H22BrF3N2O7/c1-12(28)34-14(10-31-2)8-27-18(22)17(21(23,24)25)19(26-27)33-9-13-6-4-5-7-15(13)16(11-32-3)20(29)30/h4-7,11,14H,8-10H2,1-3H3,(H,29,30)/b16-11+. The van der Waals surface area contributed by atoms with Gasteiger partial charge in [0.1, 0.15) is 22.9 Å². The largest absolute Gasteiger partial charge is 0.503 e. The minimum atomic E-state index is -4.83. The predicted molar refractivity (Wildman–Crippen MR) is 116 cm³/mol. The monoisotopic (exact) mass is 550 g/mol. The summed E-state index contributed by atoms with van der Waals surface area (Å²) in [5.74, 6) is -2.65. The van der Waals surface area contributed by atoms with Gasteiger partial charge in [0, 0.05) is 14.0 Å². The first-order chi connectivity index (χ1) is 16.0. The zero-order valence-corrected chi connectivity index (χ0v) is 20.0. The molecule has 0 spiro atoms. The Kier molecular flexibility index (Phi) is 9.50. The molecule has 0 aliphatic heterocycles. The third-order valence-corrected chi connectivity index (χ3v) is 5.15. The molecule has 0 aliphatic rings. The van der Waals surface area contributed by atoms with Crippen molar-refractivity contribution < 1.29 is 46.8 Å². The van der Waals surface area contributed by atoms with Crippen LogP contribution in [0.4, 0.5) is 13.2 Å². The van der Waals surface area contributed by atoms with E-state index in [0.717, 1.165) is 17.9 Å². The number of aromatic nitrogens is 2. The summed E-state index contributed by atoms with van der Waals surface area (Å²) in [7, 11) is 2.62. The summed E-state index contributed by atoms with van der Waals surface area (Å²) in [5, 5.41) is 13.3. The van der Waals surface area contributed by atoms with Gasteiger partial charge in [-0.2, -0.15) is 13.2 Å². The number of carboxylic acid groups (broad SMARTS) is 1. The van der Waals surface area contributed by atoms with Gasteiger partial charge < -0.3 is 24.1 Å². The molecule has 1 atom stereocenters. The molecule has 0 aliphatic carbocycles. The highest BCUT2D eigenvalue weighted by atomic mass is 79.9. The van der Waals surface area contributed by atoms with Gasteiger partial charge in [-0.3, -0.25) is 9.48 Å². The van der Waals surface area contributed by atoms with Crippen molar-refractivity contribution in [3.63, 3.8) is 0 Å². The molecule has 2 rings (SSSR count). The summed E-state index contributed by atoms with van der Waals surface area (Å²) in [4.78, 5) is 22.9. The molecule has 1 unspecified atom stereocenters. The van der Waals surface area contributed by atoms with E-state index in [0.29, 0.717) is 5.56 Å². The number of rotatable bonds is 11. The summed E-state index contributed by atoms with van der Waals surface area (Å²) >= 11 is 2.90. The summed E-state index contributed by atoms with van der Waals surface area (Å²) in [6, 6.07) is 6.15. The van der Waals surface area contributed by atoms with Crippen LogP contribution < -0.4 is 4.74 Å². The number of hydrogen-bond acceptors (Lipinski definition) is 7. The molecule has 0 saturated carbocycles. The smallest absolute Gasteiger partial charge is 0.424 e. The normalized spacial score (nSPS) is 12.9. The second-order valence-corrected chi connectivity index (χ2v) is 7.61. The highest BCUT2D eigenvalue weighted by Gasteiger charge is 2.41. The molecule has 1 N–H and O–H groups in total. The lowest BCUT2D eigenvalue weighted by Crippen LogP contribution is -2.27. The zero-order valence-electron chi connectivity index (χ0n) is 18.4.